The Bertz CT molecular complexity index is 589. The van der Waals surface area contributed by atoms with Crippen LogP contribution in [0.1, 0.15) is 38.7 Å². The lowest BCUT2D eigenvalue weighted by Crippen LogP contribution is -2.06. The topological polar surface area (TPSA) is 51.3 Å². The second-order valence-corrected chi connectivity index (χ2v) is 5.03. The number of H-pyrrole nitrogens is 1. The van der Waals surface area contributed by atoms with Crippen LogP contribution in [0.3, 0.4) is 0 Å². The summed E-state index contributed by atoms with van der Waals surface area (Å²) in [6.07, 6.45) is 5.33. The van der Waals surface area contributed by atoms with E-state index in [2.05, 4.69) is 24.2 Å². The van der Waals surface area contributed by atoms with Crippen LogP contribution in [0, 0.1) is 0 Å². The highest BCUT2D eigenvalue weighted by Gasteiger charge is 2.05. The maximum absolute atomic E-state index is 11.2. The molecule has 0 spiro atoms. The van der Waals surface area contributed by atoms with E-state index in [1.165, 1.54) is 10.9 Å². The van der Waals surface area contributed by atoms with Crippen molar-refractivity contribution in [2.75, 3.05) is 13.2 Å². The molecule has 0 unspecified atom stereocenters. The Labute approximate surface area is 125 Å². The van der Waals surface area contributed by atoms with Crippen molar-refractivity contribution in [3.05, 3.63) is 30.0 Å². The van der Waals surface area contributed by atoms with Crippen LogP contribution in [-0.2, 0) is 16.0 Å². The zero-order valence-corrected chi connectivity index (χ0v) is 12.8. The van der Waals surface area contributed by atoms with Crippen molar-refractivity contribution in [1.29, 1.82) is 0 Å². The van der Waals surface area contributed by atoms with E-state index in [0.29, 0.717) is 26.1 Å². The van der Waals surface area contributed by atoms with Gasteiger partial charge < -0.3 is 14.5 Å². The summed E-state index contributed by atoms with van der Waals surface area (Å²) in [5.74, 6) is 0.690. The van der Waals surface area contributed by atoms with Crippen LogP contribution in [0.2, 0.25) is 0 Å². The SMILES string of the molecule is CCCc1c[nH]c2ccc(OCCCC(=O)OCC)cc12. The molecule has 0 saturated heterocycles. The molecule has 0 bridgehead atoms. The summed E-state index contributed by atoms with van der Waals surface area (Å²) >= 11 is 0. The fourth-order valence-electron chi connectivity index (χ4n) is 2.36. The standard InChI is InChI=1S/C17H23NO3/c1-3-6-13-12-18-16-9-8-14(11-15(13)16)21-10-5-7-17(19)20-4-2/h8-9,11-12,18H,3-7,10H2,1-2H3. The number of fused-ring (bicyclic) bond motifs is 1. The Hall–Kier alpha value is -1.97. The predicted molar refractivity (Wildman–Crippen MR) is 83.7 cm³/mol. The molecule has 21 heavy (non-hydrogen) atoms. The zero-order valence-electron chi connectivity index (χ0n) is 12.8. The van der Waals surface area contributed by atoms with Gasteiger partial charge in [0.25, 0.3) is 0 Å². The first-order chi connectivity index (χ1) is 10.2. The van der Waals surface area contributed by atoms with Gasteiger partial charge in [0.15, 0.2) is 0 Å². The summed E-state index contributed by atoms with van der Waals surface area (Å²) in [5, 5.41) is 1.22. The van der Waals surface area contributed by atoms with E-state index in [0.717, 1.165) is 24.1 Å². The van der Waals surface area contributed by atoms with Gasteiger partial charge in [-0.2, -0.15) is 0 Å². The van der Waals surface area contributed by atoms with Crippen molar-refractivity contribution in [2.45, 2.75) is 39.5 Å². The monoisotopic (exact) mass is 289 g/mol. The summed E-state index contributed by atoms with van der Waals surface area (Å²) in [7, 11) is 0. The van der Waals surface area contributed by atoms with Crippen molar-refractivity contribution < 1.29 is 14.3 Å². The van der Waals surface area contributed by atoms with Crippen LogP contribution in [0.4, 0.5) is 0 Å². The van der Waals surface area contributed by atoms with Gasteiger partial charge in [0.1, 0.15) is 5.75 Å². The molecule has 2 aromatic rings. The lowest BCUT2D eigenvalue weighted by molar-refractivity contribution is -0.143. The van der Waals surface area contributed by atoms with Gasteiger partial charge in [-0.3, -0.25) is 4.79 Å². The highest BCUT2D eigenvalue weighted by atomic mass is 16.5. The Kier molecular flexibility index (Phi) is 5.67. The molecule has 4 nitrogen and oxygen atoms in total. The summed E-state index contributed by atoms with van der Waals surface area (Å²) in [4.78, 5) is 14.5. The van der Waals surface area contributed by atoms with Crippen LogP contribution in [-0.4, -0.2) is 24.2 Å². The Morgan fingerprint density at radius 2 is 2.14 bits per heavy atom. The van der Waals surface area contributed by atoms with Gasteiger partial charge in [-0.15, -0.1) is 0 Å². The fourth-order valence-corrected chi connectivity index (χ4v) is 2.36. The molecule has 0 amide bonds. The van der Waals surface area contributed by atoms with E-state index < -0.39 is 0 Å². The second-order valence-electron chi connectivity index (χ2n) is 5.03. The molecule has 0 aliphatic heterocycles. The molecule has 0 saturated carbocycles. The molecule has 0 fully saturated rings. The highest BCUT2D eigenvalue weighted by Crippen LogP contribution is 2.24. The average molecular weight is 289 g/mol. The van der Waals surface area contributed by atoms with Gasteiger partial charge in [-0.05, 0) is 43.5 Å². The number of hydrogen-bond acceptors (Lipinski definition) is 3. The van der Waals surface area contributed by atoms with Crippen molar-refractivity contribution >= 4 is 16.9 Å². The normalized spacial score (nSPS) is 10.8. The summed E-state index contributed by atoms with van der Waals surface area (Å²) in [6.45, 7) is 4.95. The number of hydrogen-bond donors (Lipinski definition) is 1. The smallest absolute Gasteiger partial charge is 0.305 e. The third-order valence-electron chi connectivity index (χ3n) is 3.36. The molecule has 2 rings (SSSR count). The molecule has 0 radical (unpaired) electrons. The molecule has 1 heterocycles. The minimum Gasteiger partial charge on any atom is -0.494 e. The zero-order chi connectivity index (χ0) is 15.1. The summed E-state index contributed by atoms with van der Waals surface area (Å²) in [6, 6.07) is 6.06. The molecule has 1 aromatic carbocycles. The van der Waals surface area contributed by atoms with Crippen LogP contribution >= 0.6 is 0 Å². The minimum atomic E-state index is -0.160. The number of nitrogens with one attached hydrogen (secondary N) is 1. The molecule has 114 valence electrons. The molecule has 0 aliphatic rings. The quantitative estimate of drug-likeness (QED) is 0.593. The van der Waals surface area contributed by atoms with Crippen molar-refractivity contribution in [1.82, 2.24) is 4.98 Å². The Balaban J connectivity index is 1.90. The first kappa shape index (κ1) is 15.4. The van der Waals surface area contributed by atoms with Crippen molar-refractivity contribution in [3.63, 3.8) is 0 Å². The second kappa shape index (κ2) is 7.72. The summed E-state index contributed by atoms with van der Waals surface area (Å²) < 4.78 is 10.6. The number of esters is 1. The maximum atomic E-state index is 11.2. The van der Waals surface area contributed by atoms with E-state index in [1.807, 2.05) is 19.1 Å². The van der Waals surface area contributed by atoms with E-state index in [4.69, 9.17) is 9.47 Å². The number of aromatic amines is 1. The third kappa shape index (κ3) is 4.25. The largest absolute Gasteiger partial charge is 0.494 e. The van der Waals surface area contributed by atoms with Gasteiger partial charge >= 0.3 is 5.97 Å². The lowest BCUT2D eigenvalue weighted by Gasteiger charge is -2.07. The number of rotatable bonds is 8. The van der Waals surface area contributed by atoms with Gasteiger partial charge in [-0.25, -0.2) is 0 Å². The number of aromatic nitrogens is 1. The van der Waals surface area contributed by atoms with Crippen LogP contribution in [0.15, 0.2) is 24.4 Å². The fraction of sp³-hybridized carbons (Fsp3) is 0.471. The van der Waals surface area contributed by atoms with Gasteiger partial charge in [0.05, 0.1) is 13.2 Å². The molecular weight excluding hydrogens is 266 g/mol. The maximum Gasteiger partial charge on any atom is 0.305 e. The number of carbonyl (C=O) groups excluding carboxylic acids is 1. The van der Waals surface area contributed by atoms with Crippen LogP contribution in [0.5, 0.6) is 5.75 Å². The Morgan fingerprint density at radius 1 is 1.29 bits per heavy atom. The molecule has 1 N–H and O–H groups in total. The number of aryl methyl sites for hydroxylation is 1. The minimum absolute atomic E-state index is 0.160. The molecule has 0 atom stereocenters. The highest BCUT2D eigenvalue weighted by molar-refractivity contribution is 5.84. The number of benzene rings is 1. The molecule has 4 heteroatoms. The van der Waals surface area contributed by atoms with E-state index in [9.17, 15) is 4.79 Å². The predicted octanol–water partition coefficient (Wildman–Crippen LogP) is 3.84. The van der Waals surface area contributed by atoms with E-state index in [1.54, 1.807) is 0 Å². The first-order valence-corrected chi connectivity index (χ1v) is 7.63. The molecular formula is C17H23NO3. The van der Waals surface area contributed by atoms with Gasteiger partial charge in [0, 0.05) is 23.5 Å². The first-order valence-electron chi connectivity index (χ1n) is 7.63. The van der Waals surface area contributed by atoms with Crippen molar-refractivity contribution in [3.8, 4) is 5.75 Å². The van der Waals surface area contributed by atoms with E-state index >= 15 is 0 Å². The molecule has 0 aliphatic carbocycles. The van der Waals surface area contributed by atoms with Crippen molar-refractivity contribution in [2.24, 2.45) is 0 Å². The van der Waals surface area contributed by atoms with Crippen LogP contribution < -0.4 is 4.74 Å². The Morgan fingerprint density at radius 3 is 2.90 bits per heavy atom. The average Bonchev–Trinajstić information content (AvgIpc) is 2.87. The summed E-state index contributed by atoms with van der Waals surface area (Å²) in [5.41, 5.74) is 2.46. The number of ether oxygens (including phenoxy) is 2. The number of carbonyl (C=O) groups is 1. The van der Waals surface area contributed by atoms with Crippen LogP contribution in [0.25, 0.3) is 10.9 Å². The third-order valence-corrected chi connectivity index (χ3v) is 3.36. The molecule has 1 aromatic heterocycles. The van der Waals surface area contributed by atoms with E-state index in [-0.39, 0.29) is 5.97 Å². The lowest BCUT2D eigenvalue weighted by atomic mass is 10.1. The van der Waals surface area contributed by atoms with Gasteiger partial charge in [-0.1, -0.05) is 13.3 Å². The van der Waals surface area contributed by atoms with Gasteiger partial charge in [0.2, 0.25) is 0 Å².